The number of halogens is 3. The van der Waals surface area contributed by atoms with Crippen molar-refractivity contribution in [3.63, 3.8) is 0 Å². The van der Waals surface area contributed by atoms with Crippen LogP contribution in [0.25, 0.3) is 10.9 Å². The van der Waals surface area contributed by atoms with E-state index in [1.54, 1.807) is 6.20 Å². The Kier molecular flexibility index (Phi) is 3.93. The van der Waals surface area contributed by atoms with Crippen LogP contribution in [0.5, 0.6) is 0 Å². The lowest BCUT2D eigenvalue weighted by Crippen LogP contribution is -2.15. The fourth-order valence-corrected chi connectivity index (χ4v) is 2.77. The SMILES string of the molecule is CCn1ncc2c(Nc3ncc(C(F)(F)F)c(NC4CC4)n3)cccc21. The second-order valence-corrected chi connectivity index (χ2v) is 6.20. The van der Waals surface area contributed by atoms with E-state index in [1.807, 2.05) is 29.8 Å². The van der Waals surface area contributed by atoms with Gasteiger partial charge in [-0.25, -0.2) is 4.98 Å². The van der Waals surface area contributed by atoms with Crippen LogP contribution in [0.4, 0.5) is 30.6 Å². The summed E-state index contributed by atoms with van der Waals surface area (Å²) in [4.78, 5) is 7.92. The maximum atomic E-state index is 13.2. The fraction of sp³-hybridized carbons (Fsp3) is 0.353. The molecule has 0 bridgehead atoms. The van der Waals surface area contributed by atoms with Crippen LogP contribution in [0.2, 0.25) is 0 Å². The predicted molar refractivity (Wildman–Crippen MR) is 92.4 cm³/mol. The standard InChI is InChI=1S/C17H17F3N6/c1-2-26-14-5-3-4-13(11(14)8-22-26)24-16-21-9-12(17(18,19)20)15(25-16)23-10-6-7-10/h3-5,8-10H,2,6-7H2,1H3,(H2,21,23,24,25). The van der Waals surface area contributed by atoms with Crippen molar-refractivity contribution >= 4 is 28.4 Å². The highest BCUT2D eigenvalue weighted by molar-refractivity contribution is 5.92. The zero-order valence-electron chi connectivity index (χ0n) is 14.0. The molecule has 0 atom stereocenters. The summed E-state index contributed by atoms with van der Waals surface area (Å²) in [6.07, 6.45) is -0.276. The van der Waals surface area contributed by atoms with E-state index >= 15 is 0 Å². The number of aryl methyl sites for hydroxylation is 1. The molecule has 3 aromatic rings. The summed E-state index contributed by atoms with van der Waals surface area (Å²) in [5.41, 5.74) is 0.770. The minimum Gasteiger partial charge on any atom is -0.367 e. The van der Waals surface area contributed by atoms with Crippen molar-refractivity contribution in [2.24, 2.45) is 0 Å². The lowest BCUT2D eigenvalue weighted by atomic mass is 10.2. The van der Waals surface area contributed by atoms with E-state index in [2.05, 4.69) is 25.7 Å². The Morgan fingerprint density at radius 2 is 2.04 bits per heavy atom. The number of hydrogen-bond donors (Lipinski definition) is 2. The van der Waals surface area contributed by atoms with Gasteiger partial charge in [0.05, 0.1) is 17.4 Å². The molecule has 4 rings (SSSR count). The van der Waals surface area contributed by atoms with E-state index in [9.17, 15) is 13.2 Å². The van der Waals surface area contributed by atoms with E-state index in [0.717, 1.165) is 36.5 Å². The number of alkyl halides is 3. The zero-order chi connectivity index (χ0) is 18.3. The highest BCUT2D eigenvalue weighted by Gasteiger charge is 2.36. The molecule has 0 unspecified atom stereocenters. The minimum absolute atomic E-state index is 0.0464. The topological polar surface area (TPSA) is 67.7 Å². The van der Waals surface area contributed by atoms with Crippen LogP contribution in [0, 0.1) is 0 Å². The summed E-state index contributed by atoms with van der Waals surface area (Å²) in [7, 11) is 0. The lowest BCUT2D eigenvalue weighted by Gasteiger charge is -2.14. The number of benzene rings is 1. The normalized spacial score (nSPS) is 14.6. The molecular weight excluding hydrogens is 345 g/mol. The van der Waals surface area contributed by atoms with Gasteiger partial charge in [-0.3, -0.25) is 4.68 Å². The first kappa shape index (κ1) is 16.6. The summed E-state index contributed by atoms with van der Waals surface area (Å²) in [6, 6.07) is 5.65. The van der Waals surface area contributed by atoms with Gasteiger partial charge in [-0.05, 0) is 31.9 Å². The van der Waals surface area contributed by atoms with Crippen molar-refractivity contribution in [1.29, 1.82) is 0 Å². The fourth-order valence-electron chi connectivity index (χ4n) is 2.77. The van der Waals surface area contributed by atoms with Gasteiger partial charge >= 0.3 is 6.18 Å². The van der Waals surface area contributed by atoms with Gasteiger partial charge in [0.15, 0.2) is 0 Å². The van der Waals surface area contributed by atoms with E-state index in [-0.39, 0.29) is 17.8 Å². The summed E-state index contributed by atoms with van der Waals surface area (Å²) in [5.74, 6) is -0.0770. The number of rotatable bonds is 5. The van der Waals surface area contributed by atoms with Crippen LogP contribution in [-0.4, -0.2) is 25.8 Å². The molecule has 0 saturated heterocycles. The maximum absolute atomic E-state index is 13.2. The highest BCUT2D eigenvalue weighted by Crippen LogP contribution is 2.36. The molecule has 26 heavy (non-hydrogen) atoms. The zero-order valence-corrected chi connectivity index (χ0v) is 14.0. The molecule has 1 fully saturated rings. The van der Waals surface area contributed by atoms with Gasteiger partial charge in [0, 0.05) is 24.2 Å². The quantitative estimate of drug-likeness (QED) is 0.713. The van der Waals surface area contributed by atoms with Crippen LogP contribution in [0.3, 0.4) is 0 Å². The molecule has 2 N–H and O–H groups in total. The first-order valence-electron chi connectivity index (χ1n) is 8.38. The monoisotopic (exact) mass is 362 g/mol. The van der Waals surface area contributed by atoms with Crippen molar-refractivity contribution in [2.75, 3.05) is 10.6 Å². The number of aromatic nitrogens is 4. The van der Waals surface area contributed by atoms with Crippen molar-refractivity contribution in [1.82, 2.24) is 19.7 Å². The maximum Gasteiger partial charge on any atom is 0.421 e. The van der Waals surface area contributed by atoms with Crippen LogP contribution < -0.4 is 10.6 Å². The average molecular weight is 362 g/mol. The molecule has 6 nitrogen and oxygen atoms in total. The Morgan fingerprint density at radius 3 is 2.73 bits per heavy atom. The summed E-state index contributed by atoms with van der Waals surface area (Å²) in [5, 5.41) is 11.0. The van der Waals surface area contributed by atoms with E-state index in [1.165, 1.54) is 0 Å². The first-order chi connectivity index (χ1) is 12.5. The van der Waals surface area contributed by atoms with Crippen molar-refractivity contribution in [2.45, 2.75) is 38.5 Å². The Morgan fingerprint density at radius 1 is 1.23 bits per heavy atom. The molecule has 0 amide bonds. The molecule has 0 aliphatic heterocycles. The number of anilines is 3. The average Bonchev–Trinajstić information content (AvgIpc) is 3.30. The van der Waals surface area contributed by atoms with Crippen molar-refractivity contribution in [3.05, 3.63) is 36.2 Å². The van der Waals surface area contributed by atoms with Crippen LogP contribution in [0.15, 0.2) is 30.6 Å². The van der Waals surface area contributed by atoms with E-state index in [0.29, 0.717) is 5.69 Å². The van der Waals surface area contributed by atoms with Gasteiger partial charge in [0.2, 0.25) is 5.95 Å². The summed E-state index contributed by atoms with van der Waals surface area (Å²) < 4.78 is 41.4. The third-order valence-corrected chi connectivity index (χ3v) is 4.25. The number of nitrogens with one attached hydrogen (secondary N) is 2. The minimum atomic E-state index is -4.50. The second-order valence-electron chi connectivity index (χ2n) is 6.20. The van der Waals surface area contributed by atoms with E-state index in [4.69, 9.17) is 0 Å². The van der Waals surface area contributed by atoms with Crippen LogP contribution in [-0.2, 0) is 12.7 Å². The Labute approximate surface area is 147 Å². The molecule has 2 heterocycles. The molecule has 0 radical (unpaired) electrons. The van der Waals surface area contributed by atoms with Crippen molar-refractivity contribution in [3.8, 4) is 0 Å². The number of nitrogens with zero attached hydrogens (tertiary/aromatic N) is 4. The lowest BCUT2D eigenvalue weighted by molar-refractivity contribution is -0.137. The van der Waals surface area contributed by atoms with Gasteiger partial charge in [-0.15, -0.1) is 0 Å². The molecule has 9 heteroatoms. The molecular formula is C17H17F3N6. The van der Waals surface area contributed by atoms with Gasteiger partial charge in [0.1, 0.15) is 11.4 Å². The van der Waals surface area contributed by atoms with Gasteiger partial charge in [0.25, 0.3) is 0 Å². The first-order valence-corrected chi connectivity index (χ1v) is 8.38. The molecule has 2 aromatic heterocycles. The molecule has 1 saturated carbocycles. The molecule has 1 aliphatic rings. The molecule has 0 spiro atoms. The molecule has 136 valence electrons. The predicted octanol–water partition coefficient (Wildman–Crippen LogP) is 4.18. The van der Waals surface area contributed by atoms with Gasteiger partial charge in [-0.2, -0.15) is 23.3 Å². The number of fused-ring (bicyclic) bond motifs is 1. The molecule has 1 aromatic carbocycles. The Hall–Kier alpha value is -2.84. The Balaban J connectivity index is 1.69. The summed E-state index contributed by atoms with van der Waals surface area (Å²) in [6.45, 7) is 2.71. The summed E-state index contributed by atoms with van der Waals surface area (Å²) >= 11 is 0. The second kappa shape index (κ2) is 6.15. The smallest absolute Gasteiger partial charge is 0.367 e. The van der Waals surface area contributed by atoms with Crippen LogP contribution >= 0.6 is 0 Å². The number of hydrogen-bond acceptors (Lipinski definition) is 5. The Bertz CT molecular complexity index is 945. The van der Waals surface area contributed by atoms with E-state index < -0.39 is 11.7 Å². The third-order valence-electron chi connectivity index (χ3n) is 4.25. The van der Waals surface area contributed by atoms with Gasteiger partial charge in [-0.1, -0.05) is 6.07 Å². The highest BCUT2D eigenvalue weighted by atomic mass is 19.4. The van der Waals surface area contributed by atoms with Crippen LogP contribution in [0.1, 0.15) is 25.3 Å². The van der Waals surface area contributed by atoms with Gasteiger partial charge < -0.3 is 10.6 Å². The largest absolute Gasteiger partial charge is 0.421 e. The van der Waals surface area contributed by atoms with Crippen molar-refractivity contribution < 1.29 is 13.2 Å². The molecule has 1 aliphatic carbocycles. The third kappa shape index (κ3) is 3.16.